The van der Waals surface area contributed by atoms with Gasteiger partial charge in [0.2, 0.25) is 0 Å². The van der Waals surface area contributed by atoms with E-state index in [9.17, 15) is 14.0 Å². The molecule has 1 fully saturated rings. The van der Waals surface area contributed by atoms with E-state index in [4.69, 9.17) is 9.47 Å². The maximum atomic E-state index is 13.2. The zero-order valence-corrected chi connectivity index (χ0v) is 18.3. The average molecular weight is 438 g/mol. The first-order valence-corrected chi connectivity index (χ1v) is 10.6. The maximum absolute atomic E-state index is 13.2. The van der Waals surface area contributed by atoms with Gasteiger partial charge in [-0.15, -0.1) is 6.58 Å². The van der Waals surface area contributed by atoms with Gasteiger partial charge in [0.15, 0.2) is 11.5 Å². The van der Waals surface area contributed by atoms with E-state index in [0.717, 1.165) is 11.1 Å². The zero-order chi connectivity index (χ0) is 23.1. The van der Waals surface area contributed by atoms with E-state index in [0.29, 0.717) is 43.1 Å². The van der Waals surface area contributed by atoms with E-state index < -0.39 is 6.03 Å². The van der Waals surface area contributed by atoms with E-state index in [1.807, 2.05) is 19.9 Å². The molecule has 2 aromatic rings. The van der Waals surface area contributed by atoms with Crippen molar-refractivity contribution in [3.8, 4) is 11.5 Å². The molecule has 0 saturated carbocycles. The van der Waals surface area contributed by atoms with Crippen LogP contribution in [0.3, 0.4) is 0 Å². The summed E-state index contributed by atoms with van der Waals surface area (Å²) in [4.78, 5) is 25.8. The lowest BCUT2D eigenvalue weighted by atomic mass is 10.0. The second-order valence-electron chi connectivity index (χ2n) is 7.29. The standard InChI is InChI=1S/C25H27FN2O4/c1-4-7-19-13-18(14-21-24(29)28(12-5-2)25(30)27-21)15-22(31-6-3)23(19)32-16-17-8-10-20(26)11-9-17/h4,8-11,13-15H,1,5-7,12,16H2,2-3H3,(H,27,30)/b21-14+. The van der Waals surface area contributed by atoms with Gasteiger partial charge in [0, 0.05) is 12.1 Å². The summed E-state index contributed by atoms with van der Waals surface area (Å²) < 4.78 is 25.0. The van der Waals surface area contributed by atoms with Crippen LogP contribution in [0.15, 0.2) is 54.8 Å². The van der Waals surface area contributed by atoms with E-state index in [1.54, 1.807) is 30.4 Å². The number of hydrogen-bond acceptors (Lipinski definition) is 4. The van der Waals surface area contributed by atoms with Gasteiger partial charge in [-0.25, -0.2) is 9.18 Å². The highest BCUT2D eigenvalue weighted by Gasteiger charge is 2.32. The third kappa shape index (κ3) is 5.35. The monoisotopic (exact) mass is 438 g/mol. The number of nitrogens with one attached hydrogen (secondary N) is 1. The third-order valence-corrected chi connectivity index (χ3v) is 4.84. The molecule has 0 aromatic heterocycles. The Kier molecular flexibility index (Phi) is 7.65. The van der Waals surface area contributed by atoms with Gasteiger partial charge in [-0.1, -0.05) is 25.1 Å². The Hall–Kier alpha value is -3.61. The minimum Gasteiger partial charge on any atom is -0.490 e. The molecule has 1 heterocycles. The quantitative estimate of drug-likeness (QED) is 0.328. The molecular weight excluding hydrogens is 411 g/mol. The minimum atomic E-state index is -0.418. The van der Waals surface area contributed by atoms with Gasteiger partial charge in [-0.05, 0) is 61.2 Å². The maximum Gasteiger partial charge on any atom is 0.329 e. The fraction of sp³-hybridized carbons (Fsp3) is 0.280. The van der Waals surface area contributed by atoms with Crippen molar-refractivity contribution >= 4 is 18.0 Å². The summed E-state index contributed by atoms with van der Waals surface area (Å²) in [6.45, 7) is 8.61. The summed E-state index contributed by atoms with van der Waals surface area (Å²) in [6.07, 6.45) is 4.58. The lowest BCUT2D eigenvalue weighted by Gasteiger charge is -2.17. The second kappa shape index (κ2) is 10.6. The van der Waals surface area contributed by atoms with Crippen molar-refractivity contribution in [2.24, 2.45) is 0 Å². The van der Waals surface area contributed by atoms with E-state index >= 15 is 0 Å². The Morgan fingerprint density at radius 2 is 1.88 bits per heavy atom. The number of hydrogen-bond donors (Lipinski definition) is 1. The molecule has 0 radical (unpaired) electrons. The van der Waals surface area contributed by atoms with Gasteiger partial charge in [0.05, 0.1) is 6.61 Å². The number of allylic oxidation sites excluding steroid dienone is 1. The van der Waals surface area contributed by atoms with Crippen LogP contribution in [0.1, 0.15) is 37.0 Å². The summed E-state index contributed by atoms with van der Waals surface area (Å²) in [5, 5.41) is 2.63. The normalized spacial score (nSPS) is 14.6. The number of carbonyl (C=O) groups excluding carboxylic acids is 2. The molecule has 32 heavy (non-hydrogen) atoms. The summed E-state index contributed by atoms with van der Waals surface area (Å²) >= 11 is 0. The number of halogens is 1. The number of urea groups is 1. The van der Waals surface area contributed by atoms with Gasteiger partial charge in [-0.2, -0.15) is 0 Å². The topological polar surface area (TPSA) is 67.9 Å². The molecule has 1 aliphatic heterocycles. The lowest BCUT2D eigenvalue weighted by Crippen LogP contribution is -2.31. The number of nitrogens with zero attached hydrogens (tertiary/aromatic N) is 1. The SMILES string of the molecule is C=CCc1cc(/C=C2/NC(=O)N(CCC)C2=O)cc(OCC)c1OCc1ccc(F)cc1. The van der Waals surface area contributed by atoms with Gasteiger partial charge in [0.25, 0.3) is 5.91 Å². The summed E-state index contributed by atoms with van der Waals surface area (Å²) in [7, 11) is 0. The molecule has 1 N–H and O–H groups in total. The van der Waals surface area contributed by atoms with Crippen LogP contribution >= 0.6 is 0 Å². The Balaban J connectivity index is 1.93. The number of amides is 3. The molecule has 0 spiro atoms. The average Bonchev–Trinajstić information content (AvgIpc) is 3.02. The molecule has 0 unspecified atom stereocenters. The Bertz CT molecular complexity index is 1030. The number of imide groups is 1. The van der Waals surface area contributed by atoms with Crippen LogP contribution in [-0.4, -0.2) is 30.0 Å². The van der Waals surface area contributed by atoms with Gasteiger partial charge < -0.3 is 14.8 Å². The molecule has 1 saturated heterocycles. The molecular formula is C25H27FN2O4. The number of benzene rings is 2. The predicted octanol–water partition coefficient (Wildman–Crippen LogP) is 4.83. The second-order valence-corrected chi connectivity index (χ2v) is 7.29. The van der Waals surface area contributed by atoms with Crippen molar-refractivity contribution in [3.05, 3.63) is 77.3 Å². The molecule has 3 rings (SSSR count). The predicted molar refractivity (Wildman–Crippen MR) is 121 cm³/mol. The molecule has 0 bridgehead atoms. The molecule has 0 atom stereocenters. The van der Waals surface area contributed by atoms with E-state index in [-0.39, 0.29) is 24.0 Å². The smallest absolute Gasteiger partial charge is 0.329 e. The van der Waals surface area contributed by atoms with Crippen molar-refractivity contribution in [1.82, 2.24) is 10.2 Å². The van der Waals surface area contributed by atoms with Crippen LogP contribution in [0, 0.1) is 5.82 Å². The number of ether oxygens (including phenoxy) is 2. The molecule has 2 aromatic carbocycles. The van der Waals surface area contributed by atoms with Crippen LogP contribution in [0.5, 0.6) is 11.5 Å². The van der Waals surface area contributed by atoms with Gasteiger partial charge in [0.1, 0.15) is 18.1 Å². The first-order chi connectivity index (χ1) is 15.5. The Morgan fingerprint density at radius 3 is 2.53 bits per heavy atom. The van der Waals surface area contributed by atoms with Gasteiger partial charge in [-0.3, -0.25) is 9.69 Å². The highest BCUT2D eigenvalue weighted by Crippen LogP contribution is 2.35. The summed E-state index contributed by atoms with van der Waals surface area (Å²) in [5.41, 5.74) is 2.55. The molecule has 3 amide bonds. The first kappa shape index (κ1) is 23.1. The van der Waals surface area contributed by atoms with E-state index in [1.165, 1.54) is 17.0 Å². The Labute approximate surface area is 187 Å². The first-order valence-electron chi connectivity index (χ1n) is 10.6. The summed E-state index contributed by atoms with van der Waals surface area (Å²) in [5.74, 6) is 0.423. The van der Waals surface area contributed by atoms with Crippen LogP contribution in [0.25, 0.3) is 6.08 Å². The summed E-state index contributed by atoms with van der Waals surface area (Å²) in [6, 6.07) is 9.33. The zero-order valence-electron chi connectivity index (χ0n) is 18.3. The van der Waals surface area contributed by atoms with Crippen molar-refractivity contribution < 1.29 is 23.5 Å². The fourth-order valence-electron chi connectivity index (χ4n) is 3.40. The largest absolute Gasteiger partial charge is 0.490 e. The number of rotatable bonds is 10. The molecule has 0 aliphatic carbocycles. The van der Waals surface area contributed by atoms with Gasteiger partial charge >= 0.3 is 6.03 Å². The van der Waals surface area contributed by atoms with Crippen molar-refractivity contribution in [2.75, 3.05) is 13.2 Å². The van der Waals surface area contributed by atoms with E-state index in [2.05, 4.69) is 11.9 Å². The lowest BCUT2D eigenvalue weighted by molar-refractivity contribution is -0.122. The molecule has 168 valence electrons. The molecule has 7 heteroatoms. The molecule has 1 aliphatic rings. The van der Waals surface area contributed by atoms with Crippen LogP contribution < -0.4 is 14.8 Å². The number of carbonyl (C=O) groups is 2. The highest BCUT2D eigenvalue weighted by molar-refractivity contribution is 6.14. The van der Waals surface area contributed by atoms with Crippen molar-refractivity contribution in [3.63, 3.8) is 0 Å². The molecule has 6 nitrogen and oxygen atoms in total. The van der Waals surface area contributed by atoms with Crippen LogP contribution in [0.4, 0.5) is 9.18 Å². The van der Waals surface area contributed by atoms with Crippen molar-refractivity contribution in [1.29, 1.82) is 0 Å². The minimum absolute atomic E-state index is 0.218. The highest BCUT2D eigenvalue weighted by atomic mass is 19.1. The van der Waals surface area contributed by atoms with Crippen LogP contribution in [-0.2, 0) is 17.8 Å². The van der Waals surface area contributed by atoms with Crippen LogP contribution in [0.2, 0.25) is 0 Å². The fourth-order valence-corrected chi connectivity index (χ4v) is 3.40. The Morgan fingerprint density at radius 1 is 1.12 bits per heavy atom. The third-order valence-electron chi connectivity index (χ3n) is 4.84. The van der Waals surface area contributed by atoms with Crippen molar-refractivity contribution in [2.45, 2.75) is 33.3 Å².